The van der Waals surface area contributed by atoms with E-state index in [1.807, 2.05) is 6.92 Å². The second-order valence-corrected chi connectivity index (χ2v) is 3.34. The van der Waals surface area contributed by atoms with Gasteiger partial charge in [-0.25, -0.2) is 4.79 Å². The van der Waals surface area contributed by atoms with E-state index in [2.05, 4.69) is 5.10 Å². The summed E-state index contributed by atoms with van der Waals surface area (Å²) in [4.78, 5) is 10.8. The Morgan fingerprint density at radius 2 is 2.44 bits per heavy atom. The lowest BCUT2D eigenvalue weighted by molar-refractivity contribution is -0.147. The van der Waals surface area contributed by atoms with Gasteiger partial charge in [0.05, 0.1) is 19.0 Å². The largest absolute Gasteiger partial charge is 0.478 e. The van der Waals surface area contributed by atoms with Crippen molar-refractivity contribution in [3.63, 3.8) is 0 Å². The molecule has 0 radical (unpaired) electrons. The second kappa shape index (κ2) is 6.12. The van der Waals surface area contributed by atoms with Crippen LogP contribution >= 0.6 is 0 Å². The summed E-state index contributed by atoms with van der Waals surface area (Å²) in [6, 6.07) is 0. The summed E-state index contributed by atoms with van der Waals surface area (Å²) in [7, 11) is 1.43. The number of carboxylic acids is 1. The first-order valence-corrected chi connectivity index (χ1v) is 5.08. The lowest BCUT2D eigenvalue weighted by Gasteiger charge is -2.11. The standard InChI is InChI=1S/C10H16N2O4/c1-3-4-12-6-8(5-11-12)16-9(7-15-2)10(13)14/h5-6,9H,3-4,7H2,1-2H3,(H,13,14). The van der Waals surface area contributed by atoms with Gasteiger partial charge in [0.25, 0.3) is 0 Å². The maximum Gasteiger partial charge on any atom is 0.347 e. The number of aryl methyl sites for hydroxylation is 1. The van der Waals surface area contributed by atoms with Crippen molar-refractivity contribution in [3.05, 3.63) is 12.4 Å². The predicted octanol–water partition coefficient (Wildman–Crippen LogP) is 0.771. The van der Waals surface area contributed by atoms with Crippen LogP contribution in [0.5, 0.6) is 5.75 Å². The molecule has 0 fully saturated rings. The van der Waals surface area contributed by atoms with Gasteiger partial charge in [0, 0.05) is 13.7 Å². The molecule has 1 rings (SSSR count). The number of nitrogens with zero attached hydrogens (tertiary/aromatic N) is 2. The van der Waals surface area contributed by atoms with Gasteiger partial charge in [-0.3, -0.25) is 4.68 Å². The summed E-state index contributed by atoms with van der Waals surface area (Å²) < 4.78 is 11.7. The van der Waals surface area contributed by atoms with E-state index < -0.39 is 12.1 Å². The van der Waals surface area contributed by atoms with Crippen LogP contribution in [0.2, 0.25) is 0 Å². The van der Waals surface area contributed by atoms with Gasteiger partial charge in [0.15, 0.2) is 5.75 Å². The highest BCUT2D eigenvalue weighted by Gasteiger charge is 2.19. The number of aromatic nitrogens is 2. The van der Waals surface area contributed by atoms with E-state index in [4.69, 9.17) is 14.6 Å². The average Bonchev–Trinajstić information content (AvgIpc) is 2.65. The van der Waals surface area contributed by atoms with Crippen LogP contribution in [0.4, 0.5) is 0 Å². The van der Waals surface area contributed by atoms with Crippen molar-refractivity contribution in [2.75, 3.05) is 13.7 Å². The molecule has 0 aromatic carbocycles. The normalized spacial score (nSPS) is 12.4. The molecule has 0 spiro atoms. The van der Waals surface area contributed by atoms with E-state index in [1.165, 1.54) is 13.3 Å². The van der Waals surface area contributed by atoms with Crippen LogP contribution < -0.4 is 4.74 Å². The molecular weight excluding hydrogens is 212 g/mol. The lowest BCUT2D eigenvalue weighted by Crippen LogP contribution is -2.31. The monoisotopic (exact) mass is 228 g/mol. The molecule has 1 N–H and O–H groups in total. The van der Waals surface area contributed by atoms with Crippen LogP contribution in [0.25, 0.3) is 0 Å². The van der Waals surface area contributed by atoms with Gasteiger partial charge < -0.3 is 14.6 Å². The molecule has 1 heterocycles. The van der Waals surface area contributed by atoms with Crippen molar-refractivity contribution in [3.8, 4) is 5.75 Å². The number of carbonyl (C=O) groups is 1. The van der Waals surface area contributed by atoms with Crippen LogP contribution in [0.15, 0.2) is 12.4 Å². The Kier molecular flexibility index (Phi) is 4.78. The second-order valence-electron chi connectivity index (χ2n) is 3.34. The lowest BCUT2D eigenvalue weighted by atomic mass is 10.4. The van der Waals surface area contributed by atoms with E-state index in [-0.39, 0.29) is 6.61 Å². The van der Waals surface area contributed by atoms with Gasteiger partial charge in [-0.05, 0) is 6.42 Å². The summed E-state index contributed by atoms with van der Waals surface area (Å²) in [5.41, 5.74) is 0. The predicted molar refractivity (Wildman–Crippen MR) is 56.4 cm³/mol. The first-order valence-electron chi connectivity index (χ1n) is 5.08. The Morgan fingerprint density at radius 3 is 3.00 bits per heavy atom. The van der Waals surface area contributed by atoms with Crippen molar-refractivity contribution in [2.24, 2.45) is 0 Å². The van der Waals surface area contributed by atoms with Crippen LogP contribution in [0.3, 0.4) is 0 Å². The highest BCUT2D eigenvalue weighted by molar-refractivity contribution is 5.72. The maximum absolute atomic E-state index is 10.8. The molecule has 0 aliphatic heterocycles. The molecular formula is C10H16N2O4. The van der Waals surface area contributed by atoms with Gasteiger partial charge >= 0.3 is 5.97 Å². The zero-order valence-electron chi connectivity index (χ0n) is 9.42. The quantitative estimate of drug-likeness (QED) is 0.746. The fourth-order valence-electron chi connectivity index (χ4n) is 1.23. The molecule has 16 heavy (non-hydrogen) atoms. The molecule has 1 aromatic heterocycles. The molecule has 1 atom stereocenters. The van der Waals surface area contributed by atoms with E-state index in [0.717, 1.165) is 13.0 Å². The van der Waals surface area contributed by atoms with Gasteiger partial charge in [-0.1, -0.05) is 6.92 Å². The third-order valence-electron chi connectivity index (χ3n) is 1.93. The fourth-order valence-corrected chi connectivity index (χ4v) is 1.23. The van der Waals surface area contributed by atoms with Gasteiger partial charge in [0.1, 0.15) is 0 Å². The molecule has 0 saturated heterocycles. The first kappa shape index (κ1) is 12.5. The Balaban J connectivity index is 2.58. The number of hydrogen-bond donors (Lipinski definition) is 1. The smallest absolute Gasteiger partial charge is 0.347 e. The summed E-state index contributed by atoms with van der Waals surface area (Å²) in [5.74, 6) is -0.608. The van der Waals surface area contributed by atoms with E-state index >= 15 is 0 Å². The fraction of sp³-hybridized carbons (Fsp3) is 0.600. The topological polar surface area (TPSA) is 73.6 Å². The van der Waals surface area contributed by atoms with Crippen molar-refractivity contribution in [1.29, 1.82) is 0 Å². The Morgan fingerprint density at radius 1 is 1.69 bits per heavy atom. The minimum Gasteiger partial charge on any atom is -0.478 e. The average molecular weight is 228 g/mol. The van der Waals surface area contributed by atoms with E-state index in [9.17, 15) is 4.79 Å². The molecule has 0 amide bonds. The van der Waals surface area contributed by atoms with Gasteiger partial charge in [-0.2, -0.15) is 5.10 Å². The van der Waals surface area contributed by atoms with Crippen LogP contribution in [0, 0.1) is 0 Å². The molecule has 1 aromatic rings. The van der Waals surface area contributed by atoms with Crippen molar-refractivity contribution in [1.82, 2.24) is 9.78 Å². The Labute approximate surface area is 93.8 Å². The van der Waals surface area contributed by atoms with Gasteiger partial charge in [0.2, 0.25) is 6.10 Å². The van der Waals surface area contributed by atoms with Crippen molar-refractivity contribution < 1.29 is 19.4 Å². The molecule has 0 aliphatic carbocycles. The van der Waals surface area contributed by atoms with Crippen LogP contribution in [-0.4, -0.2) is 40.7 Å². The molecule has 6 nitrogen and oxygen atoms in total. The summed E-state index contributed by atoms with van der Waals surface area (Å²) in [6.07, 6.45) is 3.14. The zero-order chi connectivity index (χ0) is 12.0. The third-order valence-corrected chi connectivity index (χ3v) is 1.93. The van der Waals surface area contributed by atoms with Crippen molar-refractivity contribution >= 4 is 5.97 Å². The zero-order valence-corrected chi connectivity index (χ0v) is 9.42. The van der Waals surface area contributed by atoms with E-state index in [1.54, 1.807) is 10.9 Å². The number of carboxylic acid groups (broad SMARTS) is 1. The highest BCUT2D eigenvalue weighted by Crippen LogP contribution is 2.11. The number of aliphatic carboxylic acids is 1. The molecule has 0 bridgehead atoms. The van der Waals surface area contributed by atoms with Crippen LogP contribution in [0.1, 0.15) is 13.3 Å². The number of hydrogen-bond acceptors (Lipinski definition) is 4. The Hall–Kier alpha value is -1.56. The van der Waals surface area contributed by atoms with E-state index in [0.29, 0.717) is 5.75 Å². The summed E-state index contributed by atoms with van der Waals surface area (Å²) >= 11 is 0. The maximum atomic E-state index is 10.8. The molecule has 1 unspecified atom stereocenters. The summed E-state index contributed by atoms with van der Waals surface area (Å²) in [6.45, 7) is 2.83. The van der Waals surface area contributed by atoms with Gasteiger partial charge in [-0.15, -0.1) is 0 Å². The minimum atomic E-state index is -1.05. The van der Waals surface area contributed by atoms with Crippen molar-refractivity contribution in [2.45, 2.75) is 26.0 Å². The minimum absolute atomic E-state index is 0.00823. The number of ether oxygens (including phenoxy) is 2. The Bertz CT molecular complexity index is 337. The number of methoxy groups -OCH3 is 1. The molecule has 90 valence electrons. The molecule has 0 saturated carbocycles. The first-order chi connectivity index (χ1) is 7.67. The molecule has 6 heteroatoms. The summed E-state index contributed by atoms with van der Waals surface area (Å²) in [5, 5.41) is 12.9. The highest BCUT2D eigenvalue weighted by atomic mass is 16.5. The SMILES string of the molecule is CCCn1cc(OC(COC)C(=O)O)cn1. The third kappa shape index (κ3) is 3.54. The molecule has 0 aliphatic rings. The van der Waals surface area contributed by atoms with Crippen LogP contribution in [-0.2, 0) is 16.1 Å². The number of rotatable bonds is 7.